The molecule has 3 heterocycles. The Kier molecular flexibility index (Phi) is 6.27. The Labute approximate surface area is 200 Å². The van der Waals surface area contributed by atoms with Gasteiger partial charge in [-0.2, -0.15) is 0 Å². The van der Waals surface area contributed by atoms with Gasteiger partial charge in [-0.05, 0) is 30.3 Å². The minimum Gasteiger partial charge on any atom is -0.370 e. The maximum absolute atomic E-state index is 12.8. The molecule has 1 aromatic carbocycles. The van der Waals surface area contributed by atoms with E-state index in [1.807, 2.05) is 17.8 Å². The van der Waals surface area contributed by atoms with Crippen molar-refractivity contribution in [3.8, 4) is 0 Å². The van der Waals surface area contributed by atoms with Gasteiger partial charge in [0.2, 0.25) is 5.91 Å². The quantitative estimate of drug-likeness (QED) is 0.175. The number of aryl methyl sites for hydroxylation is 2. The van der Waals surface area contributed by atoms with Crippen LogP contribution in [0.1, 0.15) is 21.0 Å². The molecule has 0 saturated heterocycles. The van der Waals surface area contributed by atoms with Crippen LogP contribution in [0, 0.1) is 0 Å². The summed E-state index contributed by atoms with van der Waals surface area (Å²) in [7, 11) is 3.56. The minimum atomic E-state index is -0.416. The van der Waals surface area contributed by atoms with E-state index in [0.717, 1.165) is 5.39 Å². The van der Waals surface area contributed by atoms with Crippen molar-refractivity contribution in [2.24, 2.45) is 30.6 Å². The van der Waals surface area contributed by atoms with E-state index in [1.54, 1.807) is 60.4 Å². The molecule has 12 heteroatoms. The number of hydrogen-bond acceptors (Lipinski definition) is 4. The molecule has 35 heavy (non-hydrogen) atoms. The number of amides is 3. The zero-order valence-corrected chi connectivity index (χ0v) is 19.1. The van der Waals surface area contributed by atoms with Crippen molar-refractivity contribution in [1.29, 1.82) is 0 Å². The second-order valence-corrected chi connectivity index (χ2v) is 7.97. The van der Waals surface area contributed by atoms with Gasteiger partial charge in [-0.3, -0.25) is 14.4 Å². The van der Waals surface area contributed by atoms with Gasteiger partial charge in [-0.1, -0.05) is 6.07 Å². The van der Waals surface area contributed by atoms with Crippen LogP contribution in [-0.4, -0.2) is 44.3 Å². The van der Waals surface area contributed by atoms with Crippen LogP contribution in [0.5, 0.6) is 0 Å². The third kappa shape index (κ3) is 5.50. The molecule has 0 bridgehead atoms. The first-order chi connectivity index (χ1) is 16.7. The van der Waals surface area contributed by atoms with Crippen LogP contribution in [0.4, 0.5) is 17.1 Å². The van der Waals surface area contributed by atoms with Gasteiger partial charge in [0.1, 0.15) is 17.9 Å². The lowest BCUT2D eigenvalue weighted by Gasteiger charge is -2.06. The highest BCUT2D eigenvalue weighted by atomic mass is 16.2. The van der Waals surface area contributed by atoms with Crippen LogP contribution in [-0.2, 0) is 18.9 Å². The number of aromatic nitrogens is 3. The summed E-state index contributed by atoms with van der Waals surface area (Å²) in [5.41, 5.74) is 13.5. The van der Waals surface area contributed by atoms with Gasteiger partial charge in [-0.25, -0.2) is 4.99 Å². The summed E-state index contributed by atoms with van der Waals surface area (Å²) < 4.78 is 3.43. The monoisotopic (exact) mass is 475 g/mol. The van der Waals surface area contributed by atoms with E-state index in [4.69, 9.17) is 11.5 Å². The average Bonchev–Trinajstić information content (AvgIpc) is 3.50. The number of carbonyl (C=O) groups excluding carboxylic acids is 3. The first kappa shape index (κ1) is 23.2. The highest BCUT2D eigenvalue weighted by Gasteiger charge is 2.15. The summed E-state index contributed by atoms with van der Waals surface area (Å²) in [4.78, 5) is 44.0. The molecule has 0 aliphatic carbocycles. The van der Waals surface area contributed by atoms with Crippen LogP contribution in [0.2, 0.25) is 0 Å². The molecule has 4 aromatic rings. The number of benzene rings is 1. The Bertz CT molecular complexity index is 1450. The predicted octanol–water partition coefficient (Wildman–Crippen LogP) is 1.56. The molecule has 0 radical (unpaired) electrons. The normalized spacial score (nSPS) is 10.7. The molecule has 0 fully saturated rings. The Balaban J connectivity index is 1.44. The number of anilines is 3. The second-order valence-electron chi connectivity index (χ2n) is 7.97. The first-order valence-electron chi connectivity index (χ1n) is 10.6. The number of guanidine groups is 1. The molecule has 12 nitrogen and oxygen atoms in total. The number of fused-ring (bicyclic) bond motifs is 1. The largest absolute Gasteiger partial charge is 0.370 e. The molecular formula is C23H25N9O3. The smallest absolute Gasteiger partial charge is 0.272 e. The molecule has 3 amide bonds. The summed E-state index contributed by atoms with van der Waals surface area (Å²) in [6.45, 7) is -0.222. The lowest BCUT2D eigenvalue weighted by atomic mass is 10.2. The lowest BCUT2D eigenvalue weighted by molar-refractivity contribution is -0.114. The SMILES string of the molecule is Cn1ccc(NC(=O)c2cc3ccc(NC(=O)c4cc(NC(=O)CN=C(N)N)cn4C)cc3[nH]2)c1. The van der Waals surface area contributed by atoms with E-state index in [1.165, 1.54) is 0 Å². The zero-order valence-electron chi connectivity index (χ0n) is 19.1. The topological polar surface area (TPSA) is 177 Å². The third-order valence-electron chi connectivity index (χ3n) is 5.14. The number of nitrogens with zero attached hydrogens (tertiary/aromatic N) is 3. The van der Waals surface area contributed by atoms with Crippen LogP contribution in [0.15, 0.2) is 60.0 Å². The fraction of sp³-hybridized carbons (Fsp3) is 0.130. The Morgan fingerprint density at radius 1 is 0.914 bits per heavy atom. The van der Waals surface area contributed by atoms with Gasteiger partial charge < -0.3 is 41.5 Å². The molecule has 0 unspecified atom stereocenters. The summed E-state index contributed by atoms with van der Waals surface area (Å²) in [6, 6.07) is 10.4. The number of aromatic amines is 1. The van der Waals surface area contributed by atoms with Gasteiger partial charge in [0.05, 0.1) is 11.4 Å². The number of nitrogens with one attached hydrogen (secondary N) is 4. The van der Waals surface area contributed by atoms with E-state index in [0.29, 0.717) is 34.0 Å². The van der Waals surface area contributed by atoms with E-state index >= 15 is 0 Å². The van der Waals surface area contributed by atoms with E-state index in [-0.39, 0.29) is 24.3 Å². The zero-order chi connectivity index (χ0) is 25.1. The molecule has 0 spiro atoms. The molecule has 0 aliphatic heterocycles. The van der Waals surface area contributed by atoms with Crippen LogP contribution in [0.25, 0.3) is 10.9 Å². The molecule has 8 N–H and O–H groups in total. The molecule has 0 saturated carbocycles. The van der Waals surface area contributed by atoms with Crippen molar-refractivity contribution in [3.63, 3.8) is 0 Å². The standard InChI is InChI=1S/C23H25N9O3/c1-31-6-5-15(11-31)29-21(34)18-7-13-3-4-14(8-17(13)30-18)28-22(35)19-9-16(12-32(19)2)27-20(33)10-26-23(24)25/h3-9,11-12,30H,10H2,1-2H3,(H,27,33)(H,28,35)(H,29,34)(H4,24,25,26). The van der Waals surface area contributed by atoms with Crippen molar-refractivity contribution in [2.75, 3.05) is 22.5 Å². The fourth-order valence-corrected chi connectivity index (χ4v) is 3.52. The van der Waals surface area contributed by atoms with Crippen LogP contribution >= 0.6 is 0 Å². The molecule has 4 rings (SSSR count). The Morgan fingerprint density at radius 3 is 2.40 bits per heavy atom. The molecule has 3 aromatic heterocycles. The second kappa shape index (κ2) is 9.47. The van der Waals surface area contributed by atoms with E-state index in [9.17, 15) is 14.4 Å². The number of nitrogens with two attached hydrogens (primary N) is 2. The van der Waals surface area contributed by atoms with Crippen LogP contribution in [0.3, 0.4) is 0 Å². The van der Waals surface area contributed by atoms with Gasteiger partial charge in [0.25, 0.3) is 11.8 Å². The Morgan fingerprint density at radius 2 is 1.69 bits per heavy atom. The predicted molar refractivity (Wildman–Crippen MR) is 134 cm³/mol. The number of H-pyrrole nitrogens is 1. The summed E-state index contributed by atoms with van der Waals surface area (Å²) in [5.74, 6) is -1.24. The molecule has 180 valence electrons. The minimum absolute atomic E-state index is 0.184. The summed E-state index contributed by atoms with van der Waals surface area (Å²) in [5, 5.41) is 9.12. The summed E-state index contributed by atoms with van der Waals surface area (Å²) in [6.07, 6.45) is 5.25. The van der Waals surface area contributed by atoms with Gasteiger partial charge in [0, 0.05) is 49.3 Å². The van der Waals surface area contributed by atoms with Gasteiger partial charge >= 0.3 is 0 Å². The highest BCUT2D eigenvalue weighted by molar-refractivity contribution is 6.08. The van der Waals surface area contributed by atoms with E-state index < -0.39 is 5.91 Å². The van der Waals surface area contributed by atoms with Crippen LogP contribution < -0.4 is 27.4 Å². The number of carbonyl (C=O) groups is 3. The highest BCUT2D eigenvalue weighted by Crippen LogP contribution is 2.22. The number of rotatable bonds is 7. The number of aliphatic imine (C=N–C) groups is 1. The van der Waals surface area contributed by atoms with E-state index in [2.05, 4.69) is 25.9 Å². The van der Waals surface area contributed by atoms with Crippen molar-refractivity contribution in [2.45, 2.75) is 0 Å². The molecule has 0 atom stereocenters. The van der Waals surface area contributed by atoms with Gasteiger partial charge in [-0.15, -0.1) is 0 Å². The van der Waals surface area contributed by atoms with Crippen molar-refractivity contribution >= 4 is 51.6 Å². The maximum Gasteiger partial charge on any atom is 0.272 e. The third-order valence-corrected chi connectivity index (χ3v) is 5.14. The average molecular weight is 476 g/mol. The summed E-state index contributed by atoms with van der Waals surface area (Å²) >= 11 is 0. The maximum atomic E-state index is 12.8. The fourth-order valence-electron chi connectivity index (χ4n) is 3.52. The molecule has 0 aliphatic rings. The van der Waals surface area contributed by atoms with Gasteiger partial charge in [0.15, 0.2) is 5.96 Å². The molecular weight excluding hydrogens is 450 g/mol. The van der Waals surface area contributed by atoms with Crippen molar-refractivity contribution in [3.05, 3.63) is 66.4 Å². The van der Waals surface area contributed by atoms with Crippen molar-refractivity contribution in [1.82, 2.24) is 14.1 Å². The number of hydrogen-bond donors (Lipinski definition) is 6. The lowest BCUT2D eigenvalue weighted by Crippen LogP contribution is -2.25. The van der Waals surface area contributed by atoms with Crippen molar-refractivity contribution < 1.29 is 14.4 Å². The first-order valence-corrected chi connectivity index (χ1v) is 10.6. The Hall–Kier alpha value is -5.00.